The van der Waals surface area contributed by atoms with Crippen molar-refractivity contribution in [2.45, 2.75) is 66.2 Å². The smallest absolute Gasteiger partial charge is 0.0702 e. The highest BCUT2D eigenvalue weighted by Crippen LogP contribution is 2.53. The fraction of sp³-hybridized carbons (Fsp3) is 0.607. The van der Waals surface area contributed by atoms with Gasteiger partial charge in [0.25, 0.3) is 0 Å². The van der Waals surface area contributed by atoms with Crippen LogP contribution in [-0.4, -0.2) is 42.6 Å². The van der Waals surface area contributed by atoms with Crippen LogP contribution in [0.15, 0.2) is 42.6 Å². The van der Waals surface area contributed by atoms with Gasteiger partial charge in [-0.3, -0.25) is 9.88 Å². The molecule has 1 aromatic carbocycles. The van der Waals surface area contributed by atoms with E-state index in [1.54, 1.807) is 5.56 Å². The van der Waals surface area contributed by atoms with Gasteiger partial charge in [0.1, 0.15) is 0 Å². The Kier molecular flexibility index (Phi) is 9.68. The minimum absolute atomic E-state index is 0. The van der Waals surface area contributed by atoms with Crippen molar-refractivity contribution >= 4 is 30.5 Å². The number of benzene rings is 1. The Balaban J connectivity index is 0.00000193. The molecule has 33 heavy (non-hydrogen) atoms. The van der Waals surface area contributed by atoms with E-state index in [-0.39, 0.29) is 24.8 Å². The van der Waals surface area contributed by atoms with Crippen molar-refractivity contribution in [1.82, 2.24) is 9.88 Å². The summed E-state index contributed by atoms with van der Waals surface area (Å²) < 4.78 is 0. The van der Waals surface area contributed by atoms with Crippen LogP contribution >= 0.6 is 24.8 Å². The molecular formula is C28H43Cl2N3. The highest BCUT2D eigenvalue weighted by molar-refractivity contribution is 5.85. The summed E-state index contributed by atoms with van der Waals surface area (Å²) in [6, 6.07) is 13.4. The van der Waals surface area contributed by atoms with Gasteiger partial charge in [-0.05, 0) is 78.8 Å². The van der Waals surface area contributed by atoms with Crippen molar-refractivity contribution in [2.24, 2.45) is 10.8 Å². The monoisotopic (exact) mass is 491 g/mol. The van der Waals surface area contributed by atoms with Crippen LogP contribution in [0.2, 0.25) is 0 Å². The van der Waals surface area contributed by atoms with Gasteiger partial charge in [-0.15, -0.1) is 24.8 Å². The summed E-state index contributed by atoms with van der Waals surface area (Å²) >= 11 is 0. The molecule has 2 aliphatic rings. The van der Waals surface area contributed by atoms with Crippen LogP contribution in [0.1, 0.15) is 71.8 Å². The van der Waals surface area contributed by atoms with Crippen LogP contribution in [0.4, 0.5) is 5.69 Å². The molecule has 184 valence electrons. The summed E-state index contributed by atoms with van der Waals surface area (Å²) in [7, 11) is 0. The van der Waals surface area contributed by atoms with Gasteiger partial charge in [0.2, 0.25) is 0 Å². The van der Waals surface area contributed by atoms with E-state index in [9.17, 15) is 0 Å². The van der Waals surface area contributed by atoms with Crippen LogP contribution in [0.3, 0.4) is 0 Å². The van der Waals surface area contributed by atoms with E-state index in [1.807, 2.05) is 12.3 Å². The molecule has 0 spiro atoms. The number of pyridine rings is 1. The number of anilines is 1. The molecule has 2 aromatic rings. The summed E-state index contributed by atoms with van der Waals surface area (Å²) in [6.07, 6.45) is 7.00. The van der Waals surface area contributed by atoms with E-state index < -0.39 is 0 Å². The molecule has 0 radical (unpaired) electrons. The number of rotatable bonds is 5. The average Bonchev–Trinajstić information content (AvgIpc) is 2.73. The molecule has 0 atom stereocenters. The fourth-order valence-electron chi connectivity index (χ4n) is 6.46. The molecule has 2 fully saturated rings. The number of piperazine rings is 1. The molecule has 1 saturated carbocycles. The van der Waals surface area contributed by atoms with E-state index >= 15 is 0 Å². The summed E-state index contributed by atoms with van der Waals surface area (Å²) in [6.45, 7) is 18.0. The van der Waals surface area contributed by atoms with E-state index in [4.69, 9.17) is 0 Å². The first-order valence-electron chi connectivity index (χ1n) is 12.3. The Labute approximate surface area is 214 Å². The van der Waals surface area contributed by atoms with E-state index in [1.165, 1.54) is 56.6 Å². The Morgan fingerprint density at radius 1 is 0.909 bits per heavy atom. The van der Waals surface area contributed by atoms with E-state index in [0.717, 1.165) is 18.8 Å². The second-order valence-electron chi connectivity index (χ2n) is 11.4. The van der Waals surface area contributed by atoms with Gasteiger partial charge in [-0.25, -0.2) is 0 Å². The zero-order chi connectivity index (χ0) is 22.1. The molecule has 2 heterocycles. The standard InChI is InChI=1S/C28H41N3.2ClH/c1-6-13-30-14-16-31(17-15-30)26-11-10-22(25-9-7-8-12-29-25)18-24(26)23-19-27(2,3)21-28(4,5)20-23;;/h7-12,18,23H,6,13-17,19-21H2,1-5H3;2*1H. The molecule has 1 aliphatic heterocycles. The molecule has 5 heteroatoms. The zero-order valence-electron chi connectivity index (χ0n) is 21.1. The fourth-order valence-corrected chi connectivity index (χ4v) is 6.46. The van der Waals surface area contributed by atoms with Gasteiger partial charge < -0.3 is 4.90 Å². The van der Waals surface area contributed by atoms with Crippen molar-refractivity contribution in [3.05, 3.63) is 48.2 Å². The molecular weight excluding hydrogens is 449 g/mol. The van der Waals surface area contributed by atoms with Crippen LogP contribution < -0.4 is 4.90 Å². The first kappa shape index (κ1) is 28.0. The second kappa shape index (κ2) is 11.4. The summed E-state index contributed by atoms with van der Waals surface area (Å²) in [5.41, 5.74) is 6.11. The van der Waals surface area contributed by atoms with Crippen LogP contribution in [0, 0.1) is 10.8 Å². The third-order valence-corrected chi connectivity index (χ3v) is 7.24. The van der Waals surface area contributed by atoms with Gasteiger partial charge in [-0.1, -0.05) is 46.8 Å². The quantitative estimate of drug-likeness (QED) is 0.432. The van der Waals surface area contributed by atoms with Crippen LogP contribution in [-0.2, 0) is 0 Å². The lowest BCUT2D eigenvalue weighted by Gasteiger charge is -2.46. The minimum Gasteiger partial charge on any atom is -0.369 e. The number of hydrogen-bond acceptors (Lipinski definition) is 3. The lowest BCUT2D eigenvalue weighted by Crippen LogP contribution is -2.47. The van der Waals surface area contributed by atoms with Crippen molar-refractivity contribution in [2.75, 3.05) is 37.6 Å². The first-order chi connectivity index (χ1) is 14.8. The topological polar surface area (TPSA) is 19.4 Å². The first-order valence-corrected chi connectivity index (χ1v) is 12.3. The lowest BCUT2D eigenvalue weighted by atomic mass is 9.60. The normalized spacial score (nSPS) is 20.6. The predicted octanol–water partition coefficient (Wildman–Crippen LogP) is 7.44. The predicted molar refractivity (Wildman–Crippen MR) is 147 cm³/mol. The molecule has 4 rings (SSSR count). The molecule has 1 aromatic heterocycles. The average molecular weight is 493 g/mol. The maximum Gasteiger partial charge on any atom is 0.0702 e. The molecule has 0 unspecified atom stereocenters. The third-order valence-electron chi connectivity index (χ3n) is 7.24. The van der Waals surface area contributed by atoms with Crippen LogP contribution in [0.25, 0.3) is 11.3 Å². The maximum atomic E-state index is 4.64. The zero-order valence-corrected chi connectivity index (χ0v) is 22.8. The van der Waals surface area contributed by atoms with Gasteiger partial charge in [-0.2, -0.15) is 0 Å². The lowest BCUT2D eigenvalue weighted by molar-refractivity contribution is 0.0970. The van der Waals surface area contributed by atoms with Gasteiger partial charge in [0, 0.05) is 43.6 Å². The van der Waals surface area contributed by atoms with Crippen molar-refractivity contribution < 1.29 is 0 Å². The van der Waals surface area contributed by atoms with Crippen LogP contribution in [0.5, 0.6) is 0 Å². The Bertz CT molecular complexity index is 858. The molecule has 0 bridgehead atoms. The van der Waals surface area contributed by atoms with Gasteiger partial charge >= 0.3 is 0 Å². The van der Waals surface area contributed by atoms with Gasteiger partial charge in [0.15, 0.2) is 0 Å². The molecule has 3 nitrogen and oxygen atoms in total. The SMILES string of the molecule is CCCN1CCN(c2ccc(-c3ccccn3)cc2C2CC(C)(C)CC(C)(C)C2)CC1.Cl.Cl. The number of aromatic nitrogens is 1. The van der Waals surface area contributed by atoms with E-state index in [0.29, 0.717) is 16.7 Å². The van der Waals surface area contributed by atoms with Crippen molar-refractivity contribution in [3.8, 4) is 11.3 Å². The highest BCUT2D eigenvalue weighted by Gasteiger charge is 2.40. The third kappa shape index (κ3) is 6.87. The molecule has 0 N–H and O–H groups in total. The number of nitrogens with zero attached hydrogens (tertiary/aromatic N) is 3. The minimum atomic E-state index is 0. The molecule has 1 saturated heterocycles. The molecule has 0 amide bonds. The summed E-state index contributed by atoms with van der Waals surface area (Å²) in [5.74, 6) is 0.603. The summed E-state index contributed by atoms with van der Waals surface area (Å²) in [4.78, 5) is 9.91. The van der Waals surface area contributed by atoms with E-state index in [2.05, 4.69) is 79.7 Å². The second-order valence-corrected chi connectivity index (χ2v) is 11.4. The number of hydrogen-bond donors (Lipinski definition) is 0. The Hall–Kier alpha value is -1.29. The van der Waals surface area contributed by atoms with Gasteiger partial charge in [0.05, 0.1) is 5.69 Å². The molecule has 1 aliphatic carbocycles. The Morgan fingerprint density at radius 3 is 2.15 bits per heavy atom. The highest BCUT2D eigenvalue weighted by atomic mass is 35.5. The van der Waals surface area contributed by atoms with Crippen molar-refractivity contribution in [3.63, 3.8) is 0 Å². The number of halogens is 2. The Morgan fingerprint density at radius 2 is 1.58 bits per heavy atom. The largest absolute Gasteiger partial charge is 0.369 e. The van der Waals surface area contributed by atoms with Crippen molar-refractivity contribution in [1.29, 1.82) is 0 Å². The summed E-state index contributed by atoms with van der Waals surface area (Å²) in [5, 5.41) is 0. The maximum absolute atomic E-state index is 4.64.